The Morgan fingerprint density at radius 3 is 1.50 bits per heavy atom. The minimum absolute atomic E-state index is 0. The fourth-order valence-corrected chi connectivity index (χ4v) is 9.13. The van der Waals surface area contributed by atoms with Crippen molar-refractivity contribution in [3.63, 3.8) is 0 Å². The molecule has 2 heteroatoms. The summed E-state index contributed by atoms with van der Waals surface area (Å²) in [4.78, 5) is 0. The molecule has 0 bridgehead atoms. The molecule has 0 nitrogen and oxygen atoms in total. The summed E-state index contributed by atoms with van der Waals surface area (Å²) >= 11 is 0. The first kappa shape index (κ1) is 33.9. The molecule has 4 aromatic rings. The van der Waals surface area contributed by atoms with Crippen LogP contribution in [0.2, 0.25) is 0 Å². The first-order chi connectivity index (χ1) is 15.3. The van der Waals surface area contributed by atoms with Crippen molar-refractivity contribution in [2.75, 3.05) is 0 Å². The van der Waals surface area contributed by atoms with Crippen molar-refractivity contribution in [3.8, 4) is 11.1 Å². The fourth-order valence-electron chi connectivity index (χ4n) is 5.25. The van der Waals surface area contributed by atoms with E-state index in [2.05, 4.69) is 115 Å². The van der Waals surface area contributed by atoms with Gasteiger partial charge < -0.3 is 22.3 Å². The van der Waals surface area contributed by atoms with Gasteiger partial charge in [0.15, 0.2) is 0 Å². The van der Waals surface area contributed by atoms with E-state index in [1.165, 1.54) is 50.1 Å². The average Bonchev–Trinajstić information content (AvgIpc) is 3.00. The third-order valence-corrected chi connectivity index (χ3v) is 11.3. The van der Waals surface area contributed by atoms with E-state index in [9.17, 15) is 0 Å². The third-order valence-electron chi connectivity index (χ3n) is 7.77. The van der Waals surface area contributed by atoms with E-state index in [0.29, 0.717) is 0 Å². The molecular formula is C34H44SiTi. The van der Waals surface area contributed by atoms with Crippen LogP contribution < -0.4 is 10.4 Å². The second kappa shape index (κ2) is 14.0. The SMILES string of the molecule is Cc1cccc([SiH](C[c-]2c(C)c(C)c(C)c2-c2ccccc2)c2cccc(C)c2C)c1C.[CH3-].[CH3-].[CH3-].[Ti+4]. The molecule has 4 aromatic carbocycles. The molecule has 4 rings (SSSR count). The molecule has 36 heavy (non-hydrogen) atoms. The molecule has 0 spiro atoms. The van der Waals surface area contributed by atoms with Crippen molar-refractivity contribution in [1.29, 1.82) is 0 Å². The Balaban J connectivity index is 0.00000306. The molecule has 188 valence electrons. The minimum Gasteiger partial charge on any atom is -0.358 e. The van der Waals surface area contributed by atoms with Gasteiger partial charge in [-0.05, 0) is 49.9 Å². The second-order valence-corrected chi connectivity index (χ2v) is 12.2. The summed E-state index contributed by atoms with van der Waals surface area (Å²) in [5.74, 6) is 0. The van der Waals surface area contributed by atoms with Crippen LogP contribution in [0.4, 0.5) is 0 Å². The van der Waals surface area contributed by atoms with E-state index in [-0.39, 0.29) is 44.0 Å². The number of hydrogen-bond donors (Lipinski definition) is 0. The Morgan fingerprint density at radius 1 is 0.556 bits per heavy atom. The number of benzene rings is 3. The Bertz CT molecular complexity index is 1210. The summed E-state index contributed by atoms with van der Waals surface area (Å²) in [5.41, 5.74) is 14.5. The third kappa shape index (κ3) is 6.25. The average molecular weight is 529 g/mol. The zero-order valence-corrected chi connectivity index (χ0v) is 26.9. The van der Waals surface area contributed by atoms with Gasteiger partial charge in [-0.25, -0.2) is 0 Å². The molecule has 0 aromatic heterocycles. The van der Waals surface area contributed by atoms with Crippen molar-refractivity contribution in [1.82, 2.24) is 0 Å². The fraction of sp³-hybridized carbons (Fsp3) is 0.235. The normalized spacial score (nSPS) is 10.1. The van der Waals surface area contributed by atoms with Crippen LogP contribution in [0.1, 0.15) is 44.5 Å². The van der Waals surface area contributed by atoms with Crippen LogP contribution in [0, 0.1) is 70.7 Å². The Kier molecular flexibility index (Phi) is 13.2. The molecular weight excluding hydrogens is 484 g/mol. The van der Waals surface area contributed by atoms with E-state index >= 15 is 0 Å². The van der Waals surface area contributed by atoms with Crippen LogP contribution in [-0.4, -0.2) is 8.80 Å². The standard InChI is InChI=1S/C31H35Si.3CH3.Ti/c1-20-13-11-17-29(22(20)3)32(30-18-12-14-21(2)23(30)4)19-28-25(6)24(5)26(7)31(28)27-15-9-8-10-16-27;;;;/h8-18,32H,19H2,1-7H3;3*1H3;/q4*-1;+4. The van der Waals surface area contributed by atoms with Gasteiger partial charge in [-0.15, -0.1) is 16.7 Å². The Hall–Kier alpha value is -2.06. The molecule has 0 aliphatic carbocycles. The maximum atomic E-state index is 2.40. The molecule has 0 saturated carbocycles. The van der Waals surface area contributed by atoms with Crippen molar-refractivity contribution in [3.05, 3.63) is 134 Å². The molecule has 0 radical (unpaired) electrons. The molecule has 0 saturated heterocycles. The van der Waals surface area contributed by atoms with E-state index in [4.69, 9.17) is 0 Å². The molecule has 0 aliphatic heterocycles. The van der Waals surface area contributed by atoms with E-state index in [1.807, 2.05) is 0 Å². The van der Waals surface area contributed by atoms with E-state index < -0.39 is 8.80 Å². The van der Waals surface area contributed by atoms with Crippen molar-refractivity contribution < 1.29 is 21.7 Å². The zero-order chi connectivity index (χ0) is 23.0. The van der Waals surface area contributed by atoms with Crippen LogP contribution in [0.25, 0.3) is 11.1 Å². The van der Waals surface area contributed by atoms with Gasteiger partial charge >= 0.3 is 21.7 Å². The van der Waals surface area contributed by atoms with E-state index in [1.54, 1.807) is 15.9 Å². The minimum atomic E-state index is -1.50. The van der Waals surface area contributed by atoms with Gasteiger partial charge in [0, 0.05) is 0 Å². The summed E-state index contributed by atoms with van der Waals surface area (Å²) in [6.45, 7) is 16.1. The van der Waals surface area contributed by atoms with Gasteiger partial charge in [-0.3, -0.25) is 0 Å². The monoisotopic (exact) mass is 528 g/mol. The predicted octanol–water partition coefficient (Wildman–Crippen LogP) is 7.70. The van der Waals surface area contributed by atoms with Crippen molar-refractivity contribution in [2.24, 2.45) is 0 Å². The van der Waals surface area contributed by atoms with Gasteiger partial charge in [-0.2, -0.15) is 11.1 Å². The summed E-state index contributed by atoms with van der Waals surface area (Å²) in [6, 6.07) is 26.0. The van der Waals surface area contributed by atoms with Crippen LogP contribution in [0.3, 0.4) is 0 Å². The maximum absolute atomic E-state index is 2.40. The molecule has 0 atom stereocenters. The summed E-state index contributed by atoms with van der Waals surface area (Å²) in [6.07, 6.45) is 0. The second-order valence-electron chi connectivity index (χ2n) is 9.43. The molecule has 0 unspecified atom stereocenters. The van der Waals surface area contributed by atoms with Crippen molar-refractivity contribution >= 4 is 19.2 Å². The van der Waals surface area contributed by atoms with Crippen LogP contribution in [0.15, 0.2) is 66.7 Å². The number of hydrogen-bond acceptors (Lipinski definition) is 0. The van der Waals surface area contributed by atoms with Gasteiger partial charge in [-0.1, -0.05) is 109 Å². The topological polar surface area (TPSA) is 0 Å². The maximum Gasteiger partial charge on any atom is 4.00 e. The first-order valence-electron chi connectivity index (χ1n) is 11.7. The van der Waals surface area contributed by atoms with Crippen LogP contribution in [-0.2, 0) is 27.8 Å². The number of aryl methyl sites for hydroxylation is 2. The molecule has 0 N–H and O–H groups in total. The van der Waals surface area contributed by atoms with Gasteiger partial charge in [0.2, 0.25) is 0 Å². The predicted molar refractivity (Wildman–Crippen MR) is 163 cm³/mol. The molecule has 0 amide bonds. The largest absolute Gasteiger partial charge is 4.00 e. The summed E-state index contributed by atoms with van der Waals surface area (Å²) in [7, 11) is -1.50. The van der Waals surface area contributed by atoms with E-state index in [0.717, 1.165) is 6.04 Å². The zero-order valence-electron chi connectivity index (χ0n) is 24.1. The Labute approximate surface area is 239 Å². The quantitative estimate of drug-likeness (QED) is 0.184. The molecule has 0 aliphatic rings. The van der Waals surface area contributed by atoms with Crippen LogP contribution >= 0.6 is 0 Å². The van der Waals surface area contributed by atoms with Crippen molar-refractivity contribution in [2.45, 2.75) is 54.5 Å². The molecule has 0 heterocycles. The molecule has 0 fully saturated rings. The van der Waals surface area contributed by atoms with Crippen LogP contribution in [0.5, 0.6) is 0 Å². The summed E-state index contributed by atoms with van der Waals surface area (Å²) < 4.78 is 0. The smallest absolute Gasteiger partial charge is 0.358 e. The van der Waals surface area contributed by atoms with Gasteiger partial charge in [0.25, 0.3) is 0 Å². The Morgan fingerprint density at radius 2 is 1.03 bits per heavy atom. The first-order valence-corrected chi connectivity index (χ1v) is 13.7. The van der Waals surface area contributed by atoms with Gasteiger partial charge in [0.05, 0.1) is 8.80 Å². The van der Waals surface area contributed by atoms with Gasteiger partial charge in [0.1, 0.15) is 0 Å². The number of rotatable bonds is 5. The summed E-state index contributed by atoms with van der Waals surface area (Å²) in [5, 5.41) is 3.18.